The van der Waals surface area contributed by atoms with Crippen molar-refractivity contribution in [1.29, 1.82) is 0 Å². The van der Waals surface area contributed by atoms with E-state index in [0.29, 0.717) is 16.9 Å². The molecule has 0 amide bonds. The largest absolute Gasteiger partial charge is 0.484 e. The lowest BCUT2D eigenvalue weighted by Crippen LogP contribution is -2.62. The summed E-state index contributed by atoms with van der Waals surface area (Å²) in [5, 5.41) is 40.3. The Kier molecular flexibility index (Phi) is 5.18. The van der Waals surface area contributed by atoms with Crippen LogP contribution in [-0.2, 0) is 4.74 Å². The van der Waals surface area contributed by atoms with Crippen molar-refractivity contribution >= 4 is 5.78 Å². The Morgan fingerprint density at radius 1 is 0.857 bits per heavy atom. The Bertz CT molecular complexity index is 838. The van der Waals surface area contributed by atoms with Gasteiger partial charge in [-0.3, -0.25) is 4.79 Å². The lowest BCUT2D eigenvalue weighted by Gasteiger charge is -2.45. The molecule has 7 heteroatoms. The summed E-state index contributed by atoms with van der Waals surface area (Å²) in [4.78, 5) is 13.4. The Morgan fingerprint density at radius 2 is 1.54 bits per heavy atom. The van der Waals surface area contributed by atoms with Gasteiger partial charge in [0.2, 0.25) is 0 Å². The molecular weight excluding hydrogens is 364 g/mol. The molecule has 1 saturated heterocycles. The number of para-hydroxylation sites is 1. The molecule has 2 aliphatic heterocycles. The second-order valence-corrected chi connectivity index (χ2v) is 7.13. The third-order valence-corrected chi connectivity index (χ3v) is 5.45. The highest BCUT2D eigenvalue weighted by Gasteiger charge is 2.52. The summed E-state index contributed by atoms with van der Waals surface area (Å²) in [6.07, 6.45) is -7.58. The van der Waals surface area contributed by atoms with Gasteiger partial charge in [0.1, 0.15) is 42.4 Å². The molecule has 1 fully saturated rings. The zero-order chi connectivity index (χ0) is 19.8. The molecule has 28 heavy (non-hydrogen) atoms. The number of benzene rings is 2. The van der Waals surface area contributed by atoms with E-state index in [9.17, 15) is 25.2 Å². The first-order valence-electron chi connectivity index (χ1n) is 9.18. The average Bonchev–Trinajstić information content (AvgIpc) is 2.73. The third kappa shape index (κ3) is 3.11. The molecule has 7 atom stereocenters. The Balaban J connectivity index is 1.78. The summed E-state index contributed by atoms with van der Waals surface area (Å²) in [5.41, 5.74) is 1.07. The van der Waals surface area contributed by atoms with Gasteiger partial charge >= 0.3 is 0 Å². The highest BCUT2D eigenvalue weighted by molar-refractivity contribution is 6.02. The van der Waals surface area contributed by atoms with Crippen molar-refractivity contribution in [2.24, 2.45) is 5.92 Å². The minimum absolute atomic E-state index is 0.292. The fourth-order valence-electron chi connectivity index (χ4n) is 3.97. The first kappa shape index (κ1) is 19.0. The van der Waals surface area contributed by atoms with E-state index in [-0.39, 0.29) is 5.78 Å². The molecule has 3 unspecified atom stereocenters. The smallest absolute Gasteiger partial charge is 0.176 e. The van der Waals surface area contributed by atoms with Crippen LogP contribution in [0.15, 0.2) is 54.6 Å². The minimum Gasteiger partial charge on any atom is -0.484 e. The maximum atomic E-state index is 13.4. The van der Waals surface area contributed by atoms with E-state index in [1.807, 2.05) is 30.3 Å². The van der Waals surface area contributed by atoms with Crippen LogP contribution in [0.3, 0.4) is 0 Å². The van der Waals surface area contributed by atoms with Gasteiger partial charge in [0.25, 0.3) is 0 Å². The predicted octanol–water partition coefficient (Wildman–Crippen LogP) is 0.462. The number of ketones is 1. The van der Waals surface area contributed by atoms with Gasteiger partial charge in [0.05, 0.1) is 18.1 Å². The topological polar surface area (TPSA) is 116 Å². The third-order valence-electron chi connectivity index (χ3n) is 5.45. The van der Waals surface area contributed by atoms with Crippen LogP contribution in [0.5, 0.6) is 5.75 Å². The molecule has 7 nitrogen and oxygen atoms in total. The molecule has 4 N–H and O–H groups in total. The van der Waals surface area contributed by atoms with Crippen molar-refractivity contribution in [3.63, 3.8) is 0 Å². The number of carbonyl (C=O) groups excluding carboxylic acids is 1. The van der Waals surface area contributed by atoms with E-state index in [2.05, 4.69) is 0 Å². The van der Waals surface area contributed by atoms with Crippen molar-refractivity contribution < 1.29 is 34.7 Å². The number of hydrogen-bond donors (Lipinski definition) is 4. The van der Waals surface area contributed by atoms with Crippen LogP contribution < -0.4 is 4.74 Å². The zero-order valence-electron chi connectivity index (χ0n) is 15.0. The van der Waals surface area contributed by atoms with Crippen LogP contribution in [0.4, 0.5) is 0 Å². The average molecular weight is 386 g/mol. The van der Waals surface area contributed by atoms with Gasteiger partial charge in [0, 0.05) is 0 Å². The van der Waals surface area contributed by atoms with E-state index in [1.165, 1.54) is 0 Å². The van der Waals surface area contributed by atoms with Gasteiger partial charge in [0.15, 0.2) is 5.78 Å². The van der Waals surface area contributed by atoms with E-state index in [1.54, 1.807) is 24.3 Å². The number of rotatable bonds is 3. The van der Waals surface area contributed by atoms with Gasteiger partial charge in [-0.15, -0.1) is 0 Å². The second kappa shape index (κ2) is 7.62. The Labute approximate surface area is 161 Å². The summed E-state index contributed by atoms with van der Waals surface area (Å²) in [6, 6.07) is 15.9. The molecule has 0 aromatic heterocycles. The molecule has 148 valence electrons. The molecule has 4 rings (SSSR count). The quantitative estimate of drug-likeness (QED) is 0.606. The number of ether oxygens (including phenoxy) is 2. The lowest BCUT2D eigenvalue weighted by molar-refractivity contribution is -0.242. The van der Waals surface area contributed by atoms with Gasteiger partial charge in [-0.25, -0.2) is 0 Å². The second-order valence-electron chi connectivity index (χ2n) is 7.13. The number of Topliss-reactive ketones (excluding diaryl/α,β-unsaturated/α-hetero) is 1. The summed E-state index contributed by atoms with van der Waals surface area (Å²) in [5.74, 6) is -0.828. The fourth-order valence-corrected chi connectivity index (χ4v) is 3.97. The van der Waals surface area contributed by atoms with Crippen LogP contribution in [0.2, 0.25) is 0 Å². The van der Waals surface area contributed by atoms with Crippen LogP contribution in [0.25, 0.3) is 0 Å². The molecule has 0 aliphatic carbocycles. The number of hydrogen-bond acceptors (Lipinski definition) is 7. The normalized spacial score (nSPS) is 35.1. The number of aliphatic hydroxyl groups excluding tert-OH is 4. The van der Waals surface area contributed by atoms with E-state index in [0.717, 1.165) is 0 Å². The van der Waals surface area contributed by atoms with E-state index < -0.39 is 49.1 Å². The van der Waals surface area contributed by atoms with Crippen LogP contribution in [0.1, 0.15) is 22.0 Å². The first-order chi connectivity index (χ1) is 13.5. The predicted molar refractivity (Wildman–Crippen MR) is 97.8 cm³/mol. The van der Waals surface area contributed by atoms with Crippen LogP contribution in [-0.4, -0.2) is 63.3 Å². The SMILES string of the molecule is O=C1c2ccccc2OC(c2ccccc2)C1C1O[C@H](CO)[C@@H](O)[C@H](O)[C@H]1O. The van der Waals surface area contributed by atoms with E-state index >= 15 is 0 Å². The maximum absolute atomic E-state index is 13.4. The standard InChI is InChI=1S/C21H22O7/c22-10-14-17(24)18(25)19(26)21(28-14)15-16(23)12-8-4-5-9-13(12)27-20(15)11-6-2-1-3-7-11/h1-9,14-15,17-22,24-26H,10H2/t14-,15?,17-,18+,19-,20?,21?/m1/s1. The molecule has 0 spiro atoms. The van der Waals surface area contributed by atoms with Crippen molar-refractivity contribution in [2.75, 3.05) is 6.61 Å². The van der Waals surface area contributed by atoms with Crippen molar-refractivity contribution in [3.05, 3.63) is 65.7 Å². The highest BCUT2D eigenvalue weighted by Crippen LogP contribution is 2.43. The highest BCUT2D eigenvalue weighted by atomic mass is 16.5. The van der Waals surface area contributed by atoms with Crippen LogP contribution in [0, 0.1) is 5.92 Å². The maximum Gasteiger partial charge on any atom is 0.176 e. The fraction of sp³-hybridized carbons (Fsp3) is 0.381. The summed E-state index contributed by atoms with van der Waals surface area (Å²) < 4.78 is 11.8. The molecule has 2 aromatic carbocycles. The molecule has 0 bridgehead atoms. The number of aliphatic hydroxyl groups is 4. The van der Waals surface area contributed by atoms with Gasteiger partial charge in [-0.1, -0.05) is 42.5 Å². The van der Waals surface area contributed by atoms with E-state index in [4.69, 9.17) is 9.47 Å². The van der Waals surface area contributed by atoms with Gasteiger partial charge in [-0.2, -0.15) is 0 Å². The Morgan fingerprint density at radius 3 is 2.25 bits per heavy atom. The monoisotopic (exact) mass is 386 g/mol. The number of carbonyl (C=O) groups is 1. The van der Waals surface area contributed by atoms with Gasteiger partial charge < -0.3 is 29.9 Å². The summed E-state index contributed by atoms with van der Waals surface area (Å²) in [6.45, 7) is -0.560. The number of fused-ring (bicyclic) bond motifs is 1. The zero-order valence-corrected chi connectivity index (χ0v) is 15.0. The first-order valence-corrected chi connectivity index (χ1v) is 9.18. The molecule has 2 heterocycles. The van der Waals surface area contributed by atoms with Crippen molar-refractivity contribution in [1.82, 2.24) is 0 Å². The molecule has 0 saturated carbocycles. The van der Waals surface area contributed by atoms with Crippen molar-refractivity contribution in [3.8, 4) is 5.75 Å². The summed E-state index contributed by atoms with van der Waals surface area (Å²) >= 11 is 0. The van der Waals surface area contributed by atoms with Gasteiger partial charge in [-0.05, 0) is 17.7 Å². The molecular formula is C21H22O7. The summed E-state index contributed by atoms with van der Waals surface area (Å²) in [7, 11) is 0. The molecule has 2 aromatic rings. The van der Waals surface area contributed by atoms with Crippen molar-refractivity contribution in [2.45, 2.75) is 36.6 Å². The lowest BCUT2D eigenvalue weighted by atomic mass is 9.77. The molecule has 2 aliphatic rings. The molecule has 0 radical (unpaired) electrons. The van der Waals surface area contributed by atoms with Crippen LogP contribution >= 0.6 is 0 Å². The Hall–Kier alpha value is -2.29. The minimum atomic E-state index is -1.56.